The van der Waals surface area contributed by atoms with Crippen LogP contribution in [0.1, 0.15) is 19.4 Å². The molecular weight excluding hydrogens is 314 g/mol. The summed E-state index contributed by atoms with van der Waals surface area (Å²) >= 11 is 9.16. The predicted octanol–water partition coefficient (Wildman–Crippen LogP) is 4.33. The van der Waals surface area contributed by atoms with E-state index in [1.807, 2.05) is 12.1 Å². The fourth-order valence-corrected chi connectivity index (χ4v) is 2.03. The average Bonchev–Trinajstić information content (AvgIpc) is 2.27. The SMILES string of the molecule is C=C(Cl)COc1ccc(CNCC(C)C)cc1Br. The van der Waals surface area contributed by atoms with Crippen LogP contribution in [0.3, 0.4) is 0 Å². The largest absolute Gasteiger partial charge is 0.487 e. The van der Waals surface area contributed by atoms with Crippen molar-refractivity contribution in [3.63, 3.8) is 0 Å². The van der Waals surface area contributed by atoms with E-state index in [1.54, 1.807) is 0 Å². The van der Waals surface area contributed by atoms with Gasteiger partial charge in [-0.3, -0.25) is 0 Å². The van der Waals surface area contributed by atoms with Gasteiger partial charge in [-0.2, -0.15) is 0 Å². The van der Waals surface area contributed by atoms with Crippen LogP contribution < -0.4 is 10.1 Å². The van der Waals surface area contributed by atoms with E-state index in [0.717, 1.165) is 23.3 Å². The second-order valence-corrected chi connectivity index (χ2v) is 5.98. The molecule has 0 saturated heterocycles. The van der Waals surface area contributed by atoms with E-state index in [2.05, 4.69) is 47.7 Å². The molecule has 0 bridgehead atoms. The van der Waals surface area contributed by atoms with Crippen molar-refractivity contribution in [3.8, 4) is 5.75 Å². The molecule has 18 heavy (non-hydrogen) atoms. The third kappa shape index (κ3) is 5.89. The van der Waals surface area contributed by atoms with Crippen LogP contribution in [0.15, 0.2) is 34.3 Å². The van der Waals surface area contributed by atoms with E-state index in [-0.39, 0.29) is 0 Å². The summed E-state index contributed by atoms with van der Waals surface area (Å²) < 4.78 is 6.43. The molecule has 0 aliphatic heterocycles. The lowest BCUT2D eigenvalue weighted by Crippen LogP contribution is -2.18. The molecule has 0 saturated carbocycles. The van der Waals surface area contributed by atoms with Crippen LogP contribution >= 0.6 is 27.5 Å². The van der Waals surface area contributed by atoms with Gasteiger partial charge in [0.2, 0.25) is 0 Å². The number of benzene rings is 1. The molecule has 0 radical (unpaired) electrons. The summed E-state index contributed by atoms with van der Waals surface area (Å²) in [6.07, 6.45) is 0. The summed E-state index contributed by atoms with van der Waals surface area (Å²) in [5.41, 5.74) is 1.22. The highest BCUT2D eigenvalue weighted by molar-refractivity contribution is 9.10. The molecule has 0 unspecified atom stereocenters. The molecule has 0 amide bonds. The monoisotopic (exact) mass is 331 g/mol. The van der Waals surface area contributed by atoms with Gasteiger partial charge in [0.15, 0.2) is 0 Å². The summed E-state index contributed by atoms with van der Waals surface area (Å²) in [7, 11) is 0. The first-order chi connectivity index (χ1) is 8.49. The number of nitrogens with one attached hydrogen (secondary N) is 1. The molecular formula is C14H19BrClNO. The second-order valence-electron chi connectivity index (χ2n) is 4.60. The van der Waals surface area contributed by atoms with Crippen molar-refractivity contribution in [1.82, 2.24) is 5.32 Å². The summed E-state index contributed by atoms with van der Waals surface area (Å²) in [6.45, 7) is 10.2. The Labute approximate surface area is 122 Å². The van der Waals surface area contributed by atoms with E-state index >= 15 is 0 Å². The normalized spacial score (nSPS) is 10.7. The molecule has 0 spiro atoms. The Morgan fingerprint density at radius 2 is 2.22 bits per heavy atom. The highest BCUT2D eigenvalue weighted by atomic mass is 79.9. The number of hydrogen-bond donors (Lipinski definition) is 1. The molecule has 0 aromatic heterocycles. The van der Waals surface area contributed by atoms with Crippen LogP contribution in [-0.4, -0.2) is 13.2 Å². The highest BCUT2D eigenvalue weighted by Gasteiger charge is 2.03. The van der Waals surface area contributed by atoms with Crippen molar-refractivity contribution >= 4 is 27.5 Å². The molecule has 100 valence electrons. The third-order valence-corrected chi connectivity index (χ3v) is 2.99. The molecule has 1 rings (SSSR count). The number of ether oxygens (including phenoxy) is 1. The second kappa shape index (κ2) is 7.82. The zero-order valence-corrected chi connectivity index (χ0v) is 13.1. The van der Waals surface area contributed by atoms with Crippen molar-refractivity contribution < 1.29 is 4.74 Å². The van der Waals surface area contributed by atoms with Crippen molar-refractivity contribution in [1.29, 1.82) is 0 Å². The Bertz CT molecular complexity index is 407. The number of halogens is 2. The molecule has 0 atom stereocenters. The smallest absolute Gasteiger partial charge is 0.134 e. The maximum atomic E-state index is 5.66. The van der Waals surface area contributed by atoms with Gasteiger partial charge in [-0.15, -0.1) is 0 Å². The molecule has 4 heteroatoms. The lowest BCUT2D eigenvalue weighted by molar-refractivity contribution is 0.357. The quantitative estimate of drug-likeness (QED) is 0.802. The van der Waals surface area contributed by atoms with Gasteiger partial charge in [0, 0.05) is 11.6 Å². The van der Waals surface area contributed by atoms with Gasteiger partial charge in [0.1, 0.15) is 12.4 Å². The van der Waals surface area contributed by atoms with Crippen LogP contribution in [-0.2, 0) is 6.54 Å². The Balaban J connectivity index is 2.53. The number of rotatable bonds is 7. The fourth-order valence-electron chi connectivity index (χ4n) is 1.43. The molecule has 2 nitrogen and oxygen atoms in total. The predicted molar refractivity (Wildman–Crippen MR) is 81.2 cm³/mol. The average molecular weight is 333 g/mol. The Morgan fingerprint density at radius 3 is 2.78 bits per heavy atom. The van der Waals surface area contributed by atoms with E-state index in [9.17, 15) is 0 Å². The van der Waals surface area contributed by atoms with Crippen molar-refractivity contribution in [2.45, 2.75) is 20.4 Å². The zero-order chi connectivity index (χ0) is 13.5. The minimum absolute atomic E-state index is 0.325. The molecule has 0 aliphatic carbocycles. The van der Waals surface area contributed by atoms with Crippen LogP contribution in [0.4, 0.5) is 0 Å². The van der Waals surface area contributed by atoms with Crippen molar-refractivity contribution in [3.05, 3.63) is 39.8 Å². The van der Waals surface area contributed by atoms with Crippen molar-refractivity contribution in [2.75, 3.05) is 13.2 Å². The summed E-state index contributed by atoms with van der Waals surface area (Å²) in [4.78, 5) is 0. The van der Waals surface area contributed by atoms with E-state index < -0.39 is 0 Å². The van der Waals surface area contributed by atoms with Crippen LogP contribution in [0, 0.1) is 5.92 Å². The first-order valence-electron chi connectivity index (χ1n) is 5.94. The number of hydrogen-bond acceptors (Lipinski definition) is 2. The Morgan fingerprint density at radius 1 is 1.50 bits per heavy atom. The molecule has 1 aromatic carbocycles. The van der Waals surface area contributed by atoms with Gasteiger partial charge in [0.05, 0.1) is 4.47 Å². The van der Waals surface area contributed by atoms with Gasteiger partial charge >= 0.3 is 0 Å². The first-order valence-corrected chi connectivity index (χ1v) is 7.11. The van der Waals surface area contributed by atoms with Gasteiger partial charge in [-0.25, -0.2) is 0 Å². The van der Waals surface area contributed by atoms with Gasteiger partial charge < -0.3 is 10.1 Å². The van der Waals surface area contributed by atoms with Gasteiger partial charge in [-0.05, 0) is 46.1 Å². The zero-order valence-electron chi connectivity index (χ0n) is 10.8. The lowest BCUT2D eigenvalue weighted by atomic mass is 10.2. The van der Waals surface area contributed by atoms with Gasteiger partial charge in [0.25, 0.3) is 0 Å². The minimum Gasteiger partial charge on any atom is -0.487 e. The van der Waals surface area contributed by atoms with Gasteiger partial charge in [-0.1, -0.05) is 38.1 Å². The fraction of sp³-hybridized carbons (Fsp3) is 0.429. The molecule has 0 aliphatic rings. The highest BCUT2D eigenvalue weighted by Crippen LogP contribution is 2.26. The summed E-state index contributed by atoms with van der Waals surface area (Å²) in [5.74, 6) is 1.44. The minimum atomic E-state index is 0.325. The Hall–Kier alpha value is -0.510. The standard InChI is InChI=1S/C14H19BrClNO/c1-10(2)7-17-8-12-4-5-14(13(15)6-12)18-9-11(3)16/h4-6,10,17H,3,7-9H2,1-2H3. The summed E-state index contributed by atoms with van der Waals surface area (Å²) in [6, 6.07) is 6.04. The van der Waals surface area contributed by atoms with E-state index in [4.69, 9.17) is 16.3 Å². The Kier molecular flexibility index (Phi) is 6.76. The lowest BCUT2D eigenvalue weighted by Gasteiger charge is -2.10. The van der Waals surface area contributed by atoms with Crippen molar-refractivity contribution in [2.24, 2.45) is 5.92 Å². The summed E-state index contributed by atoms with van der Waals surface area (Å²) in [5, 5.41) is 3.89. The van der Waals surface area contributed by atoms with Crippen LogP contribution in [0.5, 0.6) is 5.75 Å². The van der Waals surface area contributed by atoms with E-state index in [1.165, 1.54) is 5.56 Å². The first kappa shape index (κ1) is 15.5. The molecule has 0 fully saturated rings. The maximum absolute atomic E-state index is 5.66. The van der Waals surface area contributed by atoms with E-state index in [0.29, 0.717) is 17.6 Å². The van der Waals surface area contributed by atoms with Crippen LogP contribution in [0.2, 0.25) is 0 Å². The third-order valence-electron chi connectivity index (χ3n) is 2.26. The molecule has 1 aromatic rings. The molecule has 0 heterocycles. The maximum Gasteiger partial charge on any atom is 0.134 e. The molecule has 1 N–H and O–H groups in total. The van der Waals surface area contributed by atoms with Crippen LogP contribution in [0.25, 0.3) is 0 Å². The topological polar surface area (TPSA) is 21.3 Å².